The Morgan fingerprint density at radius 1 is 1.22 bits per heavy atom. The number of hydrogen-bond acceptors (Lipinski definition) is 5. The van der Waals surface area contributed by atoms with Crippen molar-refractivity contribution >= 4 is 23.0 Å². The van der Waals surface area contributed by atoms with E-state index in [1.54, 1.807) is 19.1 Å². The van der Waals surface area contributed by atoms with Crippen LogP contribution < -0.4 is 10.6 Å². The topological polar surface area (TPSA) is 104 Å². The number of aryl methyl sites for hydroxylation is 1. The number of nitrogens with zero attached hydrogens (tertiary/aromatic N) is 1. The fourth-order valence-electron chi connectivity index (χ4n) is 2.23. The number of rotatable bonds is 6. The van der Waals surface area contributed by atoms with Crippen LogP contribution in [0.15, 0.2) is 36.4 Å². The number of alkyl halides is 3. The first-order valence-electron chi connectivity index (χ1n) is 7.77. The molecule has 0 saturated carbocycles. The van der Waals surface area contributed by atoms with Gasteiger partial charge in [0.25, 0.3) is 5.69 Å². The average Bonchev–Trinajstić information content (AvgIpc) is 2.57. The number of amides is 1. The number of carbonyl (C=O) groups is 1. The Labute approximate surface area is 152 Å². The predicted octanol–water partition coefficient (Wildman–Crippen LogP) is 4.07. The van der Waals surface area contributed by atoms with Gasteiger partial charge in [-0.3, -0.25) is 14.9 Å². The standard InChI is InChI=1S/C17H16F3N3O4/c1-10-2-4-12(9-15(10)24)22-16(25)6-7-21-13-5-3-11(17(18,19)20)8-14(13)23(26)27/h2-5,8-9,21,24H,6-7H2,1H3,(H,22,25). The smallest absolute Gasteiger partial charge is 0.416 e. The molecule has 144 valence electrons. The molecular weight excluding hydrogens is 367 g/mol. The van der Waals surface area contributed by atoms with Crippen LogP contribution in [0.3, 0.4) is 0 Å². The summed E-state index contributed by atoms with van der Waals surface area (Å²) in [5.74, 6) is -0.411. The van der Waals surface area contributed by atoms with Gasteiger partial charge in [0.05, 0.1) is 10.5 Å². The van der Waals surface area contributed by atoms with Gasteiger partial charge < -0.3 is 15.7 Å². The van der Waals surface area contributed by atoms with Crippen LogP contribution in [-0.2, 0) is 11.0 Å². The highest BCUT2D eigenvalue weighted by Crippen LogP contribution is 2.34. The minimum atomic E-state index is -4.69. The minimum absolute atomic E-state index is 0.0197. The molecule has 0 heterocycles. The number of carbonyl (C=O) groups excluding carboxylic acids is 1. The molecule has 1 amide bonds. The van der Waals surface area contributed by atoms with Crippen molar-refractivity contribution in [2.75, 3.05) is 17.2 Å². The van der Waals surface area contributed by atoms with E-state index in [0.717, 1.165) is 12.1 Å². The van der Waals surface area contributed by atoms with Crippen LogP contribution in [0.2, 0.25) is 0 Å². The quantitative estimate of drug-likeness (QED) is 0.515. The molecule has 0 aliphatic heterocycles. The summed E-state index contributed by atoms with van der Waals surface area (Å²) in [4.78, 5) is 22.0. The lowest BCUT2D eigenvalue weighted by molar-refractivity contribution is -0.384. The van der Waals surface area contributed by atoms with E-state index in [1.807, 2.05) is 0 Å². The Balaban J connectivity index is 1.98. The van der Waals surface area contributed by atoms with E-state index in [2.05, 4.69) is 10.6 Å². The summed E-state index contributed by atoms with van der Waals surface area (Å²) in [7, 11) is 0. The lowest BCUT2D eigenvalue weighted by Crippen LogP contribution is -2.16. The highest BCUT2D eigenvalue weighted by Gasteiger charge is 2.33. The number of hydrogen-bond donors (Lipinski definition) is 3. The summed E-state index contributed by atoms with van der Waals surface area (Å²) in [5.41, 5.74) is -0.952. The summed E-state index contributed by atoms with van der Waals surface area (Å²) in [6.45, 7) is 1.66. The molecule has 0 unspecified atom stereocenters. The van der Waals surface area contributed by atoms with E-state index >= 15 is 0 Å². The highest BCUT2D eigenvalue weighted by atomic mass is 19.4. The largest absolute Gasteiger partial charge is 0.508 e. The molecular formula is C17H16F3N3O4. The molecule has 7 nitrogen and oxygen atoms in total. The Morgan fingerprint density at radius 2 is 1.93 bits per heavy atom. The molecule has 2 rings (SSSR count). The number of phenolic OH excluding ortho intramolecular Hbond substituents is 1. The maximum atomic E-state index is 12.7. The van der Waals surface area contributed by atoms with Crippen molar-refractivity contribution in [3.63, 3.8) is 0 Å². The molecule has 10 heteroatoms. The van der Waals surface area contributed by atoms with Crippen LogP contribution in [-0.4, -0.2) is 22.5 Å². The Hall–Kier alpha value is -3.30. The lowest BCUT2D eigenvalue weighted by Gasteiger charge is -2.11. The second-order valence-electron chi connectivity index (χ2n) is 5.71. The molecule has 2 aromatic carbocycles. The van der Waals surface area contributed by atoms with Crippen molar-refractivity contribution in [1.29, 1.82) is 0 Å². The Morgan fingerprint density at radius 3 is 2.52 bits per heavy atom. The molecule has 0 bridgehead atoms. The van der Waals surface area contributed by atoms with Gasteiger partial charge in [-0.2, -0.15) is 13.2 Å². The minimum Gasteiger partial charge on any atom is -0.508 e. The second kappa shape index (κ2) is 7.94. The van der Waals surface area contributed by atoms with Crippen LogP contribution in [0.4, 0.5) is 30.2 Å². The van der Waals surface area contributed by atoms with Gasteiger partial charge >= 0.3 is 6.18 Å². The van der Waals surface area contributed by atoms with E-state index in [1.165, 1.54) is 6.07 Å². The van der Waals surface area contributed by atoms with E-state index in [0.29, 0.717) is 17.3 Å². The van der Waals surface area contributed by atoms with Crippen molar-refractivity contribution < 1.29 is 28.0 Å². The van der Waals surface area contributed by atoms with Crippen molar-refractivity contribution in [2.24, 2.45) is 0 Å². The number of nitro groups is 1. The average molecular weight is 383 g/mol. The van der Waals surface area contributed by atoms with E-state index in [-0.39, 0.29) is 24.4 Å². The number of nitro benzene ring substituents is 1. The van der Waals surface area contributed by atoms with Gasteiger partial charge in [-0.05, 0) is 30.7 Å². The van der Waals surface area contributed by atoms with Gasteiger partial charge in [-0.25, -0.2) is 0 Å². The fourth-order valence-corrected chi connectivity index (χ4v) is 2.23. The fraction of sp³-hybridized carbons (Fsp3) is 0.235. The van der Waals surface area contributed by atoms with Crippen molar-refractivity contribution in [3.05, 3.63) is 57.6 Å². The van der Waals surface area contributed by atoms with Crippen molar-refractivity contribution in [3.8, 4) is 5.75 Å². The van der Waals surface area contributed by atoms with Gasteiger partial charge in [0.2, 0.25) is 5.91 Å². The lowest BCUT2D eigenvalue weighted by atomic mass is 10.1. The highest BCUT2D eigenvalue weighted by molar-refractivity contribution is 5.91. The summed E-state index contributed by atoms with van der Waals surface area (Å²) in [6, 6.07) is 6.72. The number of nitrogens with one attached hydrogen (secondary N) is 2. The van der Waals surface area contributed by atoms with Gasteiger partial charge in [-0.15, -0.1) is 0 Å². The Bertz CT molecular complexity index is 869. The molecule has 0 aliphatic carbocycles. The van der Waals surface area contributed by atoms with Crippen LogP contribution in [0, 0.1) is 17.0 Å². The van der Waals surface area contributed by atoms with E-state index in [9.17, 15) is 33.2 Å². The molecule has 0 radical (unpaired) electrons. The normalized spacial score (nSPS) is 11.1. The van der Waals surface area contributed by atoms with Crippen molar-refractivity contribution in [1.82, 2.24) is 0 Å². The monoisotopic (exact) mass is 383 g/mol. The third kappa shape index (κ3) is 5.33. The first-order valence-corrected chi connectivity index (χ1v) is 7.77. The third-order valence-corrected chi connectivity index (χ3v) is 3.68. The molecule has 0 saturated heterocycles. The van der Waals surface area contributed by atoms with Crippen LogP contribution in [0.5, 0.6) is 5.75 Å². The zero-order chi connectivity index (χ0) is 20.2. The third-order valence-electron chi connectivity index (χ3n) is 3.68. The number of benzene rings is 2. The van der Waals surface area contributed by atoms with E-state index < -0.39 is 28.3 Å². The molecule has 0 aliphatic rings. The number of phenols is 1. The summed E-state index contributed by atoms with van der Waals surface area (Å²) in [5, 5.41) is 25.7. The van der Waals surface area contributed by atoms with Gasteiger partial charge in [0, 0.05) is 30.8 Å². The Kier molecular flexibility index (Phi) is 5.88. The van der Waals surface area contributed by atoms with E-state index in [4.69, 9.17) is 0 Å². The summed E-state index contributed by atoms with van der Waals surface area (Å²) < 4.78 is 38.0. The number of aromatic hydroxyl groups is 1. The first kappa shape index (κ1) is 20.0. The maximum Gasteiger partial charge on any atom is 0.416 e. The molecule has 27 heavy (non-hydrogen) atoms. The molecule has 0 spiro atoms. The first-order chi connectivity index (χ1) is 12.6. The van der Waals surface area contributed by atoms with Gasteiger partial charge in [0.15, 0.2) is 0 Å². The SMILES string of the molecule is Cc1ccc(NC(=O)CCNc2ccc(C(F)(F)F)cc2[N+](=O)[O-])cc1O. The molecule has 0 atom stereocenters. The van der Waals surface area contributed by atoms with Crippen molar-refractivity contribution in [2.45, 2.75) is 19.5 Å². The zero-order valence-electron chi connectivity index (χ0n) is 14.1. The zero-order valence-corrected chi connectivity index (χ0v) is 14.1. The van der Waals surface area contributed by atoms with Crippen LogP contribution in [0.1, 0.15) is 17.5 Å². The summed E-state index contributed by atoms with van der Waals surface area (Å²) >= 11 is 0. The molecule has 2 aromatic rings. The summed E-state index contributed by atoms with van der Waals surface area (Å²) in [6.07, 6.45) is -4.78. The van der Waals surface area contributed by atoms with Crippen LogP contribution in [0.25, 0.3) is 0 Å². The number of anilines is 2. The second-order valence-corrected chi connectivity index (χ2v) is 5.71. The van der Waals surface area contributed by atoms with Gasteiger partial charge in [0.1, 0.15) is 11.4 Å². The molecule has 0 fully saturated rings. The molecule has 3 N–H and O–H groups in total. The van der Waals surface area contributed by atoms with Gasteiger partial charge in [-0.1, -0.05) is 6.07 Å². The predicted molar refractivity (Wildman–Crippen MR) is 92.7 cm³/mol. The number of halogens is 3. The maximum absolute atomic E-state index is 12.7. The van der Waals surface area contributed by atoms with Crippen LogP contribution >= 0.6 is 0 Å². The molecule has 0 aromatic heterocycles.